The molecule has 2 N–H and O–H groups in total. The summed E-state index contributed by atoms with van der Waals surface area (Å²) in [6.07, 6.45) is 0. The summed E-state index contributed by atoms with van der Waals surface area (Å²) >= 11 is 1.94. The number of hydrogen-bond acceptors (Lipinski definition) is 3. The first-order chi connectivity index (χ1) is 7.63. The van der Waals surface area contributed by atoms with Gasteiger partial charge in [0.25, 0.3) is 0 Å². The maximum absolute atomic E-state index is 9.41. The van der Waals surface area contributed by atoms with Gasteiger partial charge < -0.3 is 10.4 Å². The van der Waals surface area contributed by atoms with Crippen LogP contribution < -0.4 is 5.32 Å². The van der Waals surface area contributed by atoms with Gasteiger partial charge in [0.1, 0.15) is 5.75 Å². The summed E-state index contributed by atoms with van der Waals surface area (Å²) in [5.74, 6) is 2.62. The maximum atomic E-state index is 9.41. The lowest BCUT2D eigenvalue weighted by atomic mass is 10.1. The molecule has 0 saturated heterocycles. The number of benzene rings is 1. The highest BCUT2D eigenvalue weighted by atomic mass is 32.2. The van der Waals surface area contributed by atoms with Crippen LogP contribution in [0.25, 0.3) is 0 Å². The molecule has 0 aliphatic heterocycles. The van der Waals surface area contributed by atoms with E-state index in [4.69, 9.17) is 0 Å². The summed E-state index contributed by atoms with van der Waals surface area (Å²) in [5.41, 5.74) is 1.13. The molecule has 0 fully saturated rings. The average Bonchev–Trinajstić information content (AvgIpc) is 2.26. The number of phenols is 1. The highest BCUT2D eigenvalue weighted by Gasteiger charge is 2.09. The van der Waals surface area contributed by atoms with E-state index in [0.29, 0.717) is 11.8 Å². The second kappa shape index (κ2) is 6.81. The minimum Gasteiger partial charge on any atom is -0.508 e. The molecule has 0 radical (unpaired) electrons. The largest absolute Gasteiger partial charge is 0.508 e. The highest BCUT2D eigenvalue weighted by molar-refractivity contribution is 7.99. The molecule has 0 bridgehead atoms. The summed E-state index contributed by atoms with van der Waals surface area (Å²) in [5, 5.41) is 12.9. The zero-order chi connectivity index (χ0) is 12.0. The van der Waals surface area contributed by atoms with Crippen molar-refractivity contribution in [3.63, 3.8) is 0 Å². The van der Waals surface area contributed by atoms with Gasteiger partial charge in [-0.2, -0.15) is 11.8 Å². The van der Waals surface area contributed by atoms with Crippen molar-refractivity contribution >= 4 is 11.8 Å². The summed E-state index contributed by atoms with van der Waals surface area (Å²) in [6, 6.07) is 8.21. The predicted octanol–water partition coefficient (Wildman–Crippen LogP) is 3.18. The van der Waals surface area contributed by atoms with E-state index in [1.165, 1.54) is 0 Å². The molecule has 1 aromatic carbocycles. The van der Waals surface area contributed by atoms with Crippen molar-refractivity contribution < 1.29 is 5.11 Å². The Morgan fingerprint density at radius 3 is 2.75 bits per heavy atom. The minimum absolute atomic E-state index is 0.277. The molecule has 0 saturated carbocycles. The first-order valence-corrected chi connectivity index (χ1v) is 6.91. The Labute approximate surface area is 102 Å². The number of thioether (sulfide) groups is 1. The van der Waals surface area contributed by atoms with Crippen molar-refractivity contribution in [2.45, 2.75) is 32.9 Å². The lowest BCUT2D eigenvalue weighted by Gasteiger charge is -2.20. The lowest BCUT2D eigenvalue weighted by Crippen LogP contribution is -2.30. The Morgan fingerprint density at radius 1 is 1.38 bits per heavy atom. The van der Waals surface area contributed by atoms with Gasteiger partial charge in [-0.05, 0) is 37.3 Å². The Kier molecular flexibility index (Phi) is 5.71. The first-order valence-electron chi connectivity index (χ1n) is 5.76. The Morgan fingerprint density at radius 2 is 2.12 bits per heavy atom. The molecule has 2 unspecified atom stereocenters. The van der Waals surface area contributed by atoms with Gasteiger partial charge >= 0.3 is 0 Å². The third-order valence-corrected chi connectivity index (χ3v) is 3.62. The summed E-state index contributed by atoms with van der Waals surface area (Å²) in [6.45, 7) is 6.50. The van der Waals surface area contributed by atoms with Crippen LogP contribution in [-0.4, -0.2) is 22.7 Å². The minimum atomic E-state index is 0.277. The van der Waals surface area contributed by atoms with E-state index in [1.807, 2.05) is 30.0 Å². The Bertz CT molecular complexity index is 317. The molecule has 2 nitrogen and oxygen atoms in total. The van der Waals surface area contributed by atoms with Crippen LogP contribution in [0.1, 0.15) is 32.4 Å². The molecule has 16 heavy (non-hydrogen) atoms. The van der Waals surface area contributed by atoms with Crippen LogP contribution in [0.5, 0.6) is 5.75 Å². The third kappa shape index (κ3) is 4.45. The lowest BCUT2D eigenvalue weighted by molar-refractivity contribution is 0.469. The first kappa shape index (κ1) is 13.4. The normalized spacial score (nSPS) is 14.7. The van der Waals surface area contributed by atoms with Crippen LogP contribution in [0, 0.1) is 0 Å². The second-order valence-corrected chi connectivity index (χ2v) is 5.36. The second-order valence-electron chi connectivity index (χ2n) is 4.04. The molecule has 3 heteroatoms. The number of hydrogen-bond donors (Lipinski definition) is 2. The maximum Gasteiger partial charge on any atom is 0.115 e. The molecule has 1 aromatic rings. The fourth-order valence-corrected chi connectivity index (χ4v) is 2.35. The molecule has 2 atom stereocenters. The monoisotopic (exact) mass is 239 g/mol. The quantitative estimate of drug-likeness (QED) is 0.799. The molecule has 90 valence electrons. The molecule has 0 aliphatic rings. The van der Waals surface area contributed by atoms with E-state index in [9.17, 15) is 5.11 Å². The average molecular weight is 239 g/mol. The van der Waals surface area contributed by atoms with Crippen molar-refractivity contribution in [2.75, 3.05) is 11.5 Å². The SMILES string of the molecule is CCSCC(C)NC(C)c1cccc(O)c1. The van der Waals surface area contributed by atoms with Crippen LogP contribution in [0.15, 0.2) is 24.3 Å². The molecule has 0 aromatic heterocycles. The van der Waals surface area contributed by atoms with Gasteiger partial charge in [-0.3, -0.25) is 0 Å². The van der Waals surface area contributed by atoms with Crippen LogP contribution in [0.3, 0.4) is 0 Å². The number of nitrogens with one attached hydrogen (secondary N) is 1. The molecule has 1 rings (SSSR count). The zero-order valence-corrected chi connectivity index (χ0v) is 11.1. The molecule has 0 heterocycles. The predicted molar refractivity (Wildman–Crippen MR) is 72.1 cm³/mol. The number of aromatic hydroxyl groups is 1. The van der Waals surface area contributed by atoms with Crippen molar-refractivity contribution in [1.82, 2.24) is 5.32 Å². The fraction of sp³-hybridized carbons (Fsp3) is 0.538. The highest BCUT2D eigenvalue weighted by Crippen LogP contribution is 2.18. The van der Waals surface area contributed by atoms with E-state index < -0.39 is 0 Å². The van der Waals surface area contributed by atoms with Gasteiger partial charge in [0.15, 0.2) is 0 Å². The molecule has 0 amide bonds. The van der Waals surface area contributed by atoms with Crippen molar-refractivity contribution in [1.29, 1.82) is 0 Å². The fourth-order valence-electron chi connectivity index (χ4n) is 1.66. The third-order valence-electron chi connectivity index (χ3n) is 2.48. The van der Waals surface area contributed by atoms with Gasteiger partial charge in [-0.25, -0.2) is 0 Å². The molecular weight excluding hydrogens is 218 g/mol. The summed E-state index contributed by atoms with van der Waals surface area (Å²) in [4.78, 5) is 0. The van der Waals surface area contributed by atoms with E-state index in [1.54, 1.807) is 6.07 Å². The van der Waals surface area contributed by atoms with Crippen LogP contribution in [0.4, 0.5) is 0 Å². The van der Waals surface area contributed by atoms with E-state index >= 15 is 0 Å². The zero-order valence-electron chi connectivity index (χ0n) is 10.2. The number of phenolic OH excluding ortho intramolecular Hbond substituents is 1. The van der Waals surface area contributed by atoms with Crippen LogP contribution in [-0.2, 0) is 0 Å². The van der Waals surface area contributed by atoms with Crippen molar-refractivity contribution in [3.05, 3.63) is 29.8 Å². The van der Waals surface area contributed by atoms with Gasteiger partial charge in [0, 0.05) is 17.8 Å². The Balaban J connectivity index is 2.48. The Hall–Kier alpha value is -0.670. The van der Waals surface area contributed by atoms with Gasteiger partial charge in [0.2, 0.25) is 0 Å². The van der Waals surface area contributed by atoms with Crippen molar-refractivity contribution in [3.8, 4) is 5.75 Å². The van der Waals surface area contributed by atoms with Crippen molar-refractivity contribution in [2.24, 2.45) is 0 Å². The molecular formula is C13H21NOS. The topological polar surface area (TPSA) is 32.3 Å². The summed E-state index contributed by atoms with van der Waals surface area (Å²) in [7, 11) is 0. The van der Waals surface area contributed by atoms with E-state index in [0.717, 1.165) is 17.1 Å². The van der Waals surface area contributed by atoms with E-state index in [2.05, 4.69) is 26.1 Å². The van der Waals surface area contributed by atoms with E-state index in [-0.39, 0.29) is 6.04 Å². The molecule has 0 aliphatic carbocycles. The van der Waals surface area contributed by atoms with Gasteiger partial charge in [-0.15, -0.1) is 0 Å². The number of rotatable bonds is 6. The van der Waals surface area contributed by atoms with Gasteiger partial charge in [-0.1, -0.05) is 19.1 Å². The van der Waals surface area contributed by atoms with Crippen LogP contribution in [0.2, 0.25) is 0 Å². The smallest absolute Gasteiger partial charge is 0.115 e. The van der Waals surface area contributed by atoms with Gasteiger partial charge in [0.05, 0.1) is 0 Å². The summed E-state index contributed by atoms with van der Waals surface area (Å²) < 4.78 is 0. The van der Waals surface area contributed by atoms with Crippen LogP contribution >= 0.6 is 11.8 Å². The standard InChI is InChI=1S/C13H21NOS/c1-4-16-9-10(2)14-11(3)12-6-5-7-13(15)8-12/h5-8,10-11,14-15H,4,9H2,1-3H3. The molecule has 0 spiro atoms.